The minimum atomic E-state index is -1.08. The van der Waals surface area contributed by atoms with Gasteiger partial charge >= 0.3 is 12.0 Å². The molecule has 2 amide bonds. The van der Waals surface area contributed by atoms with Crippen molar-refractivity contribution in [2.75, 3.05) is 13.6 Å². The van der Waals surface area contributed by atoms with E-state index in [-0.39, 0.29) is 6.54 Å². The molecule has 0 bridgehead atoms. The summed E-state index contributed by atoms with van der Waals surface area (Å²) >= 11 is 0. The Morgan fingerprint density at radius 3 is 1.94 bits per heavy atom. The van der Waals surface area contributed by atoms with Crippen LogP contribution in [-0.2, 0) is 4.79 Å². The second kappa shape index (κ2) is 5.56. The van der Waals surface area contributed by atoms with E-state index in [1.807, 2.05) is 0 Å². The first-order chi connectivity index (χ1) is 7.84. The highest BCUT2D eigenvalue weighted by molar-refractivity contribution is 5.83. The Bertz CT molecular complexity index is 315. The predicted octanol–water partition coefficient (Wildman–Crippen LogP) is 0.898. The van der Waals surface area contributed by atoms with E-state index in [0.717, 1.165) is 0 Å². The van der Waals surface area contributed by atoms with Crippen LogP contribution in [0.4, 0.5) is 4.79 Å². The molecule has 1 atom stereocenters. The second-order valence-corrected chi connectivity index (χ2v) is 6.26. The molecule has 0 aromatic heterocycles. The van der Waals surface area contributed by atoms with Crippen LogP contribution in [0.2, 0.25) is 0 Å². The number of nitrogens with zero attached hydrogens (tertiary/aromatic N) is 1. The van der Waals surface area contributed by atoms with Crippen LogP contribution >= 0.6 is 0 Å². The van der Waals surface area contributed by atoms with Gasteiger partial charge in [0.2, 0.25) is 0 Å². The lowest BCUT2D eigenvalue weighted by Gasteiger charge is -2.31. The van der Waals surface area contributed by atoms with Gasteiger partial charge in [0.05, 0.1) is 12.1 Å². The maximum Gasteiger partial charge on any atom is 0.326 e. The molecule has 0 radical (unpaired) electrons. The number of aliphatic carboxylic acids is 1. The van der Waals surface area contributed by atoms with E-state index in [1.54, 1.807) is 34.6 Å². The number of hydrogen-bond donors (Lipinski definition) is 3. The van der Waals surface area contributed by atoms with Crippen LogP contribution < -0.4 is 5.32 Å². The molecule has 0 aliphatic rings. The van der Waals surface area contributed by atoms with Crippen LogP contribution in [0.3, 0.4) is 0 Å². The quantitative estimate of drug-likeness (QED) is 0.700. The average Bonchev–Trinajstić information content (AvgIpc) is 2.08. The summed E-state index contributed by atoms with van der Waals surface area (Å²) < 4.78 is 0. The highest BCUT2D eigenvalue weighted by Crippen LogP contribution is 2.19. The van der Waals surface area contributed by atoms with Gasteiger partial charge in [0.25, 0.3) is 0 Å². The molecule has 106 valence electrons. The number of aliphatic hydroxyl groups is 1. The Morgan fingerprint density at radius 1 is 1.22 bits per heavy atom. The first-order valence-corrected chi connectivity index (χ1v) is 5.81. The fourth-order valence-corrected chi connectivity index (χ4v) is 1.53. The monoisotopic (exact) mass is 260 g/mol. The van der Waals surface area contributed by atoms with E-state index >= 15 is 0 Å². The number of carbonyl (C=O) groups excluding carboxylic acids is 1. The molecular formula is C12H24N2O4. The van der Waals surface area contributed by atoms with Crippen LogP contribution in [0, 0.1) is 5.41 Å². The maximum absolute atomic E-state index is 11.8. The zero-order valence-electron chi connectivity index (χ0n) is 11.9. The number of carboxylic acid groups (broad SMARTS) is 1. The number of nitrogens with one attached hydrogen (secondary N) is 1. The minimum Gasteiger partial charge on any atom is -0.480 e. The zero-order chi connectivity index (χ0) is 14.7. The zero-order valence-corrected chi connectivity index (χ0v) is 11.9. The molecule has 0 saturated heterocycles. The van der Waals surface area contributed by atoms with Gasteiger partial charge in [-0.3, -0.25) is 0 Å². The van der Waals surface area contributed by atoms with Gasteiger partial charge in [0.15, 0.2) is 0 Å². The third kappa shape index (κ3) is 5.86. The van der Waals surface area contributed by atoms with Gasteiger partial charge in [-0.1, -0.05) is 20.8 Å². The molecule has 0 aromatic rings. The minimum absolute atomic E-state index is 0.120. The van der Waals surface area contributed by atoms with Crippen LogP contribution in [0.1, 0.15) is 34.6 Å². The molecule has 18 heavy (non-hydrogen) atoms. The SMILES string of the molecule is CN(CC(C)(C)O)C(=O)N[C@H](C(=O)O)C(C)(C)C. The summed E-state index contributed by atoms with van der Waals surface area (Å²) in [6.07, 6.45) is 0. The van der Waals surface area contributed by atoms with Crippen molar-refractivity contribution in [2.24, 2.45) is 5.41 Å². The summed E-state index contributed by atoms with van der Waals surface area (Å²) in [6, 6.07) is -1.49. The van der Waals surface area contributed by atoms with E-state index in [1.165, 1.54) is 11.9 Å². The standard InChI is InChI=1S/C12H24N2O4/c1-11(2,3)8(9(15)16)13-10(17)14(6)7-12(4,5)18/h8,18H,7H2,1-6H3,(H,13,17)(H,15,16)/t8-/m1/s1. The largest absolute Gasteiger partial charge is 0.480 e. The molecule has 0 fully saturated rings. The van der Waals surface area contributed by atoms with Crippen LogP contribution in [0.15, 0.2) is 0 Å². The van der Waals surface area contributed by atoms with Gasteiger partial charge in [0, 0.05) is 7.05 Å². The molecular weight excluding hydrogens is 236 g/mol. The lowest BCUT2D eigenvalue weighted by atomic mass is 9.87. The first-order valence-electron chi connectivity index (χ1n) is 5.81. The van der Waals surface area contributed by atoms with E-state index < -0.39 is 29.1 Å². The van der Waals surface area contributed by atoms with Gasteiger partial charge in [-0.05, 0) is 19.3 Å². The van der Waals surface area contributed by atoms with Crippen molar-refractivity contribution in [3.8, 4) is 0 Å². The van der Waals surface area contributed by atoms with Gasteiger partial charge in [-0.25, -0.2) is 9.59 Å². The number of hydrogen-bond acceptors (Lipinski definition) is 3. The number of urea groups is 1. The Labute approximate surface area is 108 Å². The van der Waals surface area contributed by atoms with E-state index in [2.05, 4.69) is 5.32 Å². The molecule has 0 saturated carbocycles. The lowest BCUT2D eigenvalue weighted by Crippen LogP contribution is -2.54. The first kappa shape index (κ1) is 16.7. The third-order valence-electron chi connectivity index (χ3n) is 2.35. The second-order valence-electron chi connectivity index (χ2n) is 6.26. The van der Waals surface area contributed by atoms with Crippen molar-refractivity contribution in [1.82, 2.24) is 10.2 Å². The summed E-state index contributed by atoms with van der Waals surface area (Å²) in [6.45, 7) is 8.49. The van der Waals surface area contributed by atoms with Crippen molar-refractivity contribution < 1.29 is 19.8 Å². The van der Waals surface area contributed by atoms with Crippen molar-refractivity contribution in [3.63, 3.8) is 0 Å². The fraction of sp³-hybridized carbons (Fsp3) is 0.833. The van der Waals surface area contributed by atoms with Gasteiger partial charge in [0.1, 0.15) is 6.04 Å². The van der Waals surface area contributed by atoms with Crippen molar-refractivity contribution >= 4 is 12.0 Å². The lowest BCUT2D eigenvalue weighted by molar-refractivity contribution is -0.142. The van der Waals surface area contributed by atoms with Crippen LogP contribution in [0.5, 0.6) is 0 Å². The fourth-order valence-electron chi connectivity index (χ4n) is 1.53. The molecule has 0 spiro atoms. The van der Waals surface area contributed by atoms with Gasteiger partial charge < -0.3 is 20.4 Å². The number of amides is 2. The molecule has 0 rings (SSSR count). The van der Waals surface area contributed by atoms with E-state index in [4.69, 9.17) is 5.11 Å². The Kier molecular flexibility index (Phi) is 5.16. The van der Waals surface area contributed by atoms with Gasteiger partial charge in [-0.2, -0.15) is 0 Å². The average molecular weight is 260 g/mol. The molecule has 3 N–H and O–H groups in total. The van der Waals surface area contributed by atoms with E-state index in [0.29, 0.717) is 0 Å². The van der Waals surface area contributed by atoms with Crippen molar-refractivity contribution in [1.29, 1.82) is 0 Å². The number of carboxylic acids is 1. The van der Waals surface area contributed by atoms with Gasteiger partial charge in [-0.15, -0.1) is 0 Å². The maximum atomic E-state index is 11.8. The molecule has 0 aliphatic heterocycles. The van der Waals surface area contributed by atoms with Crippen molar-refractivity contribution in [2.45, 2.75) is 46.3 Å². The summed E-state index contributed by atoms with van der Waals surface area (Å²) in [7, 11) is 1.51. The highest BCUT2D eigenvalue weighted by Gasteiger charge is 2.33. The van der Waals surface area contributed by atoms with Crippen molar-refractivity contribution in [3.05, 3.63) is 0 Å². The molecule has 0 heterocycles. The third-order valence-corrected chi connectivity index (χ3v) is 2.35. The highest BCUT2D eigenvalue weighted by atomic mass is 16.4. The van der Waals surface area contributed by atoms with E-state index in [9.17, 15) is 14.7 Å². The molecule has 0 aromatic carbocycles. The number of rotatable bonds is 4. The van der Waals surface area contributed by atoms with Crippen LogP contribution in [0.25, 0.3) is 0 Å². The number of carbonyl (C=O) groups is 2. The summed E-state index contributed by atoms with van der Waals surface area (Å²) in [4.78, 5) is 24.2. The van der Waals surface area contributed by atoms with Crippen LogP contribution in [-0.4, -0.2) is 52.3 Å². The summed E-state index contributed by atoms with van der Waals surface area (Å²) in [5.41, 5.74) is -1.61. The Morgan fingerprint density at radius 2 is 1.67 bits per heavy atom. The molecule has 0 unspecified atom stereocenters. The summed E-state index contributed by atoms with van der Waals surface area (Å²) in [5, 5.41) is 21.1. The molecule has 0 aliphatic carbocycles. The topological polar surface area (TPSA) is 89.9 Å². The predicted molar refractivity (Wildman–Crippen MR) is 68.3 cm³/mol. The Balaban J connectivity index is 4.67. The normalized spacial score (nSPS) is 13.9. The number of likely N-dealkylation sites (N-methyl/N-ethyl adjacent to an activating group) is 1. The molecule has 6 heteroatoms. The molecule has 6 nitrogen and oxygen atoms in total. The Hall–Kier alpha value is -1.30. The summed E-state index contributed by atoms with van der Waals surface area (Å²) in [5.74, 6) is -1.08. The smallest absolute Gasteiger partial charge is 0.326 e.